The number of nitrogens with one attached hydrogen (secondary N) is 1. The van der Waals surface area contributed by atoms with Gasteiger partial charge in [0.2, 0.25) is 0 Å². The fourth-order valence-electron chi connectivity index (χ4n) is 2.15. The second-order valence-electron chi connectivity index (χ2n) is 4.62. The number of ether oxygens (including phenoxy) is 1. The van der Waals surface area contributed by atoms with Crippen LogP contribution in [0.25, 0.3) is 0 Å². The molecule has 0 spiro atoms. The van der Waals surface area contributed by atoms with E-state index in [-0.39, 0.29) is 6.04 Å². The van der Waals surface area contributed by atoms with Crippen molar-refractivity contribution in [2.24, 2.45) is 0 Å². The molecule has 0 amide bonds. The summed E-state index contributed by atoms with van der Waals surface area (Å²) in [5.41, 5.74) is 1.99. The third-order valence-electron chi connectivity index (χ3n) is 3.13. The standard InChI is InChI=1S/C16H21N3O/c1-3-9-18-14(12-13-7-4-5-10-17-13)16-15(20-2)8-6-11-19-16/h4-8,10-11,14,18H,3,9,12H2,1-2H3. The number of methoxy groups -OCH3 is 1. The van der Waals surface area contributed by atoms with Crippen LogP contribution in [0.1, 0.15) is 30.8 Å². The van der Waals surface area contributed by atoms with Crippen molar-refractivity contribution in [3.8, 4) is 5.75 Å². The van der Waals surface area contributed by atoms with Crippen LogP contribution in [0.3, 0.4) is 0 Å². The molecule has 106 valence electrons. The molecule has 0 saturated carbocycles. The Morgan fingerprint density at radius 2 is 2.00 bits per heavy atom. The van der Waals surface area contributed by atoms with E-state index in [9.17, 15) is 0 Å². The van der Waals surface area contributed by atoms with Crippen LogP contribution in [0.4, 0.5) is 0 Å². The molecular weight excluding hydrogens is 250 g/mol. The minimum atomic E-state index is 0.112. The molecule has 4 heteroatoms. The summed E-state index contributed by atoms with van der Waals surface area (Å²) in [5, 5.41) is 3.53. The lowest BCUT2D eigenvalue weighted by molar-refractivity contribution is 0.392. The number of hydrogen-bond donors (Lipinski definition) is 1. The van der Waals surface area contributed by atoms with E-state index >= 15 is 0 Å². The van der Waals surface area contributed by atoms with E-state index in [4.69, 9.17) is 4.74 Å². The molecule has 4 nitrogen and oxygen atoms in total. The first-order valence-electron chi connectivity index (χ1n) is 6.97. The third-order valence-corrected chi connectivity index (χ3v) is 3.13. The molecule has 20 heavy (non-hydrogen) atoms. The van der Waals surface area contributed by atoms with E-state index in [1.54, 1.807) is 13.3 Å². The van der Waals surface area contributed by atoms with E-state index in [0.29, 0.717) is 0 Å². The van der Waals surface area contributed by atoms with E-state index in [1.165, 1.54) is 0 Å². The Morgan fingerprint density at radius 3 is 2.70 bits per heavy atom. The summed E-state index contributed by atoms with van der Waals surface area (Å²) in [6, 6.07) is 9.92. The molecule has 1 N–H and O–H groups in total. The largest absolute Gasteiger partial charge is 0.495 e. The first-order chi connectivity index (χ1) is 9.85. The van der Waals surface area contributed by atoms with Crippen LogP contribution in [-0.4, -0.2) is 23.6 Å². The quantitative estimate of drug-likeness (QED) is 0.841. The van der Waals surface area contributed by atoms with Crippen molar-refractivity contribution in [3.63, 3.8) is 0 Å². The minimum absolute atomic E-state index is 0.112. The summed E-state index contributed by atoms with van der Waals surface area (Å²) in [5.74, 6) is 0.817. The first kappa shape index (κ1) is 14.5. The number of hydrogen-bond acceptors (Lipinski definition) is 4. The van der Waals surface area contributed by atoms with Crippen molar-refractivity contribution >= 4 is 0 Å². The fourth-order valence-corrected chi connectivity index (χ4v) is 2.15. The van der Waals surface area contributed by atoms with Crippen LogP contribution in [0, 0.1) is 0 Å². The van der Waals surface area contributed by atoms with Crippen molar-refractivity contribution in [1.29, 1.82) is 0 Å². The first-order valence-corrected chi connectivity index (χ1v) is 6.97. The predicted molar refractivity (Wildman–Crippen MR) is 79.8 cm³/mol. The number of nitrogens with zero attached hydrogens (tertiary/aromatic N) is 2. The number of rotatable bonds is 7. The zero-order valence-corrected chi connectivity index (χ0v) is 12.0. The summed E-state index contributed by atoms with van der Waals surface area (Å²) in [6.07, 6.45) is 5.50. The van der Waals surface area contributed by atoms with Gasteiger partial charge in [0.05, 0.1) is 18.8 Å². The highest BCUT2D eigenvalue weighted by molar-refractivity contribution is 5.30. The summed E-state index contributed by atoms with van der Waals surface area (Å²) in [6.45, 7) is 3.09. The van der Waals surface area contributed by atoms with Gasteiger partial charge in [-0.2, -0.15) is 0 Å². The van der Waals surface area contributed by atoms with Crippen molar-refractivity contribution in [2.45, 2.75) is 25.8 Å². The summed E-state index contributed by atoms with van der Waals surface area (Å²) >= 11 is 0. The molecule has 1 atom stereocenters. The van der Waals surface area contributed by atoms with Gasteiger partial charge in [0.15, 0.2) is 0 Å². The van der Waals surface area contributed by atoms with Crippen molar-refractivity contribution < 1.29 is 4.74 Å². The Bertz CT molecular complexity index is 516. The molecule has 2 rings (SSSR count). The lowest BCUT2D eigenvalue weighted by Gasteiger charge is -2.19. The molecule has 1 unspecified atom stereocenters. The lowest BCUT2D eigenvalue weighted by Crippen LogP contribution is -2.25. The molecule has 0 aliphatic carbocycles. The van der Waals surface area contributed by atoms with Gasteiger partial charge in [-0.15, -0.1) is 0 Å². The molecular formula is C16H21N3O. The lowest BCUT2D eigenvalue weighted by atomic mass is 10.1. The van der Waals surface area contributed by atoms with Crippen LogP contribution in [0.2, 0.25) is 0 Å². The van der Waals surface area contributed by atoms with Gasteiger partial charge in [-0.3, -0.25) is 9.97 Å². The maximum absolute atomic E-state index is 5.42. The topological polar surface area (TPSA) is 47.0 Å². The summed E-state index contributed by atoms with van der Waals surface area (Å²) in [7, 11) is 1.68. The monoisotopic (exact) mass is 271 g/mol. The molecule has 0 fully saturated rings. The highest BCUT2D eigenvalue weighted by Crippen LogP contribution is 2.24. The van der Waals surface area contributed by atoms with Crippen LogP contribution < -0.4 is 10.1 Å². The smallest absolute Gasteiger partial charge is 0.141 e. The van der Waals surface area contributed by atoms with Crippen LogP contribution in [0.15, 0.2) is 42.7 Å². The molecule has 0 aromatic carbocycles. The van der Waals surface area contributed by atoms with Gasteiger partial charge >= 0.3 is 0 Å². The molecule has 2 heterocycles. The molecule has 2 aromatic heterocycles. The van der Waals surface area contributed by atoms with E-state index < -0.39 is 0 Å². The van der Waals surface area contributed by atoms with Gasteiger partial charge in [-0.1, -0.05) is 13.0 Å². The van der Waals surface area contributed by atoms with Gasteiger partial charge in [-0.25, -0.2) is 0 Å². The summed E-state index contributed by atoms with van der Waals surface area (Å²) < 4.78 is 5.42. The maximum atomic E-state index is 5.42. The average molecular weight is 271 g/mol. The molecule has 2 aromatic rings. The zero-order chi connectivity index (χ0) is 14.2. The fraction of sp³-hybridized carbons (Fsp3) is 0.375. The second-order valence-corrected chi connectivity index (χ2v) is 4.62. The molecule has 0 aliphatic heterocycles. The Labute approximate surface area is 120 Å². The van der Waals surface area contributed by atoms with E-state index in [1.807, 2.05) is 36.5 Å². The predicted octanol–water partition coefficient (Wildman–Crippen LogP) is 2.77. The molecule has 0 aliphatic rings. The van der Waals surface area contributed by atoms with Crippen LogP contribution >= 0.6 is 0 Å². The zero-order valence-electron chi connectivity index (χ0n) is 12.0. The normalized spacial score (nSPS) is 12.1. The van der Waals surface area contributed by atoms with E-state index in [2.05, 4.69) is 22.2 Å². The molecule has 0 radical (unpaired) electrons. The average Bonchev–Trinajstić information content (AvgIpc) is 2.52. The van der Waals surface area contributed by atoms with Crippen LogP contribution in [-0.2, 0) is 6.42 Å². The van der Waals surface area contributed by atoms with Gasteiger partial charge in [0.1, 0.15) is 5.75 Å². The van der Waals surface area contributed by atoms with Crippen LogP contribution in [0.5, 0.6) is 5.75 Å². The second kappa shape index (κ2) is 7.60. The Hall–Kier alpha value is -1.94. The van der Waals surface area contributed by atoms with Gasteiger partial charge in [0, 0.05) is 24.5 Å². The van der Waals surface area contributed by atoms with E-state index in [0.717, 1.165) is 36.5 Å². The number of pyridine rings is 2. The highest BCUT2D eigenvalue weighted by atomic mass is 16.5. The van der Waals surface area contributed by atoms with Crippen molar-refractivity contribution in [2.75, 3.05) is 13.7 Å². The third kappa shape index (κ3) is 3.78. The Kier molecular flexibility index (Phi) is 5.50. The Balaban J connectivity index is 2.22. The maximum Gasteiger partial charge on any atom is 0.141 e. The van der Waals surface area contributed by atoms with Gasteiger partial charge in [-0.05, 0) is 37.2 Å². The molecule has 0 bridgehead atoms. The SMILES string of the molecule is CCCNC(Cc1ccccn1)c1ncccc1OC. The Morgan fingerprint density at radius 1 is 1.15 bits per heavy atom. The van der Waals surface area contributed by atoms with Gasteiger partial charge in [0.25, 0.3) is 0 Å². The minimum Gasteiger partial charge on any atom is -0.495 e. The van der Waals surface area contributed by atoms with Crippen molar-refractivity contribution in [1.82, 2.24) is 15.3 Å². The van der Waals surface area contributed by atoms with Gasteiger partial charge < -0.3 is 10.1 Å². The highest BCUT2D eigenvalue weighted by Gasteiger charge is 2.17. The summed E-state index contributed by atoms with van der Waals surface area (Å²) in [4.78, 5) is 8.88. The van der Waals surface area contributed by atoms with Crippen molar-refractivity contribution in [3.05, 3.63) is 54.1 Å². The number of aromatic nitrogens is 2. The molecule has 0 saturated heterocycles.